The largest absolute Gasteiger partial charge is 0.497 e. The third kappa shape index (κ3) is 6.40. The van der Waals surface area contributed by atoms with Crippen molar-refractivity contribution in [1.29, 1.82) is 0 Å². The summed E-state index contributed by atoms with van der Waals surface area (Å²) in [6, 6.07) is 16.0. The number of likely N-dealkylation sites (tertiary alicyclic amines) is 1. The molecule has 0 bridgehead atoms. The van der Waals surface area contributed by atoms with Crippen LogP contribution in [0, 0.1) is 6.92 Å². The lowest BCUT2D eigenvalue weighted by Gasteiger charge is -2.25. The highest BCUT2D eigenvalue weighted by Crippen LogP contribution is 2.25. The van der Waals surface area contributed by atoms with Crippen molar-refractivity contribution in [3.63, 3.8) is 0 Å². The zero-order chi connectivity index (χ0) is 21.5. The predicted octanol–water partition coefficient (Wildman–Crippen LogP) is 5.16. The van der Waals surface area contributed by atoms with Gasteiger partial charge in [0.15, 0.2) is 11.0 Å². The Morgan fingerprint density at radius 1 is 0.969 bits per heavy atom. The molecular weight excluding hydrogens is 444 g/mol. The van der Waals surface area contributed by atoms with Gasteiger partial charge in [0.1, 0.15) is 18.1 Å². The number of rotatable bonds is 9. The van der Waals surface area contributed by atoms with Crippen LogP contribution in [-0.4, -0.2) is 52.2 Å². The van der Waals surface area contributed by atoms with Crippen molar-refractivity contribution in [3.05, 3.63) is 59.9 Å². The highest BCUT2D eigenvalue weighted by Gasteiger charge is 2.17. The van der Waals surface area contributed by atoms with Gasteiger partial charge in [-0.1, -0.05) is 30.3 Å². The first-order valence-electron chi connectivity index (χ1n) is 10.9. The van der Waals surface area contributed by atoms with E-state index in [1.807, 2.05) is 42.5 Å². The van der Waals surface area contributed by atoms with Gasteiger partial charge in [0.25, 0.3) is 0 Å². The predicted molar refractivity (Wildman–Crippen MR) is 132 cm³/mol. The van der Waals surface area contributed by atoms with Gasteiger partial charge in [-0.3, -0.25) is 4.57 Å². The first kappa shape index (κ1) is 24.4. The molecule has 6 nitrogen and oxygen atoms in total. The number of hydrogen-bond donors (Lipinski definition) is 0. The molecule has 0 N–H and O–H groups in total. The van der Waals surface area contributed by atoms with Crippen molar-refractivity contribution in [1.82, 2.24) is 19.7 Å². The Balaban J connectivity index is 0.00000289. The Bertz CT molecular complexity index is 974. The number of thioether (sulfide) groups is 1. The van der Waals surface area contributed by atoms with E-state index in [1.165, 1.54) is 37.9 Å². The molecule has 32 heavy (non-hydrogen) atoms. The van der Waals surface area contributed by atoms with Crippen molar-refractivity contribution in [3.8, 4) is 17.2 Å². The molecule has 1 fully saturated rings. The highest BCUT2D eigenvalue weighted by atomic mass is 35.5. The minimum Gasteiger partial charge on any atom is -0.497 e. The molecule has 3 aromatic rings. The summed E-state index contributed by atoms with van der Waals surface area (Å²) in [5.41, 5.74) is 2.18. The van der Waals surface area contributed by atoms with Gasteiger partial charge in [-0.2, -0.15) is 0 Å². The van der Waals surface area contributed by atoms with E-state index in [-0.39, 0.29) is 12.4 Å². The summed E-state index contributed by atoms with van der Waals surface area (Å²) in [5, 5.41) is 9.85. The summed E-state index contributed by atoms with van der Waals surface area (Å²) < 4.78 is 13.4. The summed E-state index contributed by atoms with van der Waals surface area (Å²) in [6.07, 6.45) is 3.99. The van der Waals surface area contributed by atoms with Crippen molar-refractivity contribution < 1.29 is 9.47 Å². The van der Waals surface area contributed by atoms with Crippen molar-refractivity contribution in [2.75, 3.05) is 32.5 Å². The normalized spacial score (nSPS) is 14.1. The van der Waals surface area contributed by atoms with Crippen molar-refractivity contribution >= 4 is 24.2 Å². The average Bonchev–Trinajstić information content (AvgIpc) is 3.21. The van der Waals surface area contributed by atoms with Crippen LogP contribution < -0.4 is 9.47 Å². The van der Waals surface area contributed by atoms with Crippen LogP contribution in [0.5, 0.6) is 11.5 Å². The maximum Gasteiger partial charge on any atom is 0.195 e. The van der Waals surface area contributed by atoms with Gasteiger partial charge >= 0.3 is 0 Å². The number of benzene rings is 2. The number of hydrogen-bond acceptors (Lipinski definition) is 6. The van der Waals surface area contributed by atoms with Crippen LogP contribution in [0.2, 0.25) is 0 Å². The first-order chi connectivity index (χ1) is 15.2. The van der Waals surface area contributed by atoms with Crippen molar-refractivity contribution in [2.45, 2.75) is 37.9 Å². The number of ether oxygens (including phenoxy) is 2. The Kier molecular flexibility index (Phi) is 9.26. The van der Waals surface area contributed by atoms with E-state index in [2.05, 4.69) is 32.7 Å². The van der Waals surface area contributed by atoms with Crippen LogP contribution in [0.3, 0.4) is 0 Å². The molecule has 0 atom stereocenters. The summed E-state index contributed by atoms with van der Waals surface area (Å²) >= 11 is 1.75. The molecule has 1 saturated heterocycles. The van der Waals surface area contributed by atoms with E-state index in [0.29, 0.717) is 6.61 Å². The monoisotopic (exact) mass is 474 g/mol. The van der Waals surface area contributed by atoms with Gasteiger partial charge in [-0.25, -0.2) is 0 Å². The van der Waals surface area contributed by atoms with E-state index >= 15 is 0 Å². The Labute approximate surface area is 200 Å². The molecule has 0 amide bonds. The number of aromatic nitrogens is 3. The third-order valence-corrected chi connectivity index (χ3v) is 6.38. The van der Waals surface area contributed by atoms with Crippen LogP contribution in [-0.2, 0) is 6.61 Å². The molecule has 1 aromatic heterocycles. The molecule has 8 heteroatoms. The minimum absolute atomic E-state index is 0. The quantitative estimate of drug-likeness (QED) is 0.399. The molecule has 4 rings (SSSR count). The average molecular weight is 475 g/mol. The third-order valence-electron chi connectivity index (χ3n) is 5.48. The molecule has 2 heterocycles. The van der Waals surface area contributed by atoms with Gasteiger partial charge in [0.05, 0.1) is 7.11 Å². The lowest BCUT2D eigenvalue weighted by Crippen LogP contribution is -2.31. The fourth-order valence-electron chi connectivity index (χ4n) is 3.78. The highest BCUT2D eigenvalue weighted by molar-refractivity contribution is 7.99. The molecule has 1 aliphatic heterocycles. The number of nitrogens with zero attached hydrogens (tertiary/aromatic N) is 4. The summed E-state index contributed by atoms with van der Waals surface area (Å²) in [5.74, 6) is 3.44. The molecule has 0 unspecified atom stereocenters. The number of aryl methyl sites for hydroxylation is 1. The van der Waals surface area contributed by atoms with Gasteiger partial charge in [0, 0.05) is 18.0 Å². The Morgan fingerprint density at radius 2 is 1.75 bits per heavy atom. The van der Waals surface area contributed by atoms with Crippen LogP contribution in [0.15, 0.2) is 53.7 Å². The lowest BCUT2D eigenvalue weighted by atomic mass is 10.1. The van der Waals surface area contributed by atoms with E-state index in [9.17, 15) is 0 Å². The Morgan fingerprint density at radius 3 is 2.47 bits per heavy atom. The van der Waals surface area contributed by atoms with Gasteiger partial charge < -0.3 is 14.4 Å². The minimum atomic E-state index is 0. The molecule has 0 aliphatic carbocycles. The van der Waals surface area contributed by atoms with E-state index in [4.69, 9.17) is 9.47 Å². The molecular formula is C24H31ClN4O2S. The fraction of sp³-hybridized carbons (Fsp3) is 0.417. The van der Waals surface area contributed by atoms with Crippen LogP contribution in [0.4, 0.5) is 0 Å². The topological polar surface area (TPSA) is 52.4 Å². The summed E-state index contributed by atoms with van der Waals surface area (Å²) in [7, 11) is 1.68. The second-order valence-corrected chi connectivity index (χ2v) is 8.85. The maximum absolute atomic E-state index is 6.03. The first-order valence-corrected chi connectivity index (χ1v) is 11.8. The molecule has 172 valence electrons. The molecule has 1 aliphatic rings. The zero-order valence-electron chi connectivity index (χ0n) is 18.7. The second-order valence-electron chi connectivity index (χ2n) is 7.79. The lowest BCUT2D eigenvalue weighted by molar-refractivity contribution is 0.242. The van der Waals surface area contributed by atoms with Crippen LogP contribution in [0.1, 0.15) is 30.7 Å². The van der Waals surface area contributed by atoms with Gasteiger partial charge in [0.2, 0.25) is 0 Å². The smallest absolute Gasteiger partial charge is 0.195 e. The van der Waals surface area contributed by atoms with Crippen LogP contribution in [0.25, 0.3) is 5.69 Å². The zero-order valence-corrected chi connectivity index (χ0v) is 20.3. The molecule has 0 spiro atoms. The van der Waals surface area contributed by atoms with E-state index < -0.39 is 0 Å². The number of piperidine rings is 1. The fourth-order valence-corrected chi connectivity index (χ4v) is 4.75. The van der Waals surface area contributed by atoms with E-state index in [1.54, 1.807) is 18.9 Å². The summed E-state index contributed by atoms with van der Waals surface area (Å²) in [6.45, 7) is 5.91. The van der Waals surface area contributed by atoms with Gasteiger partial charge in [-0.15, -0.1) is 22.6 Å². The molecule has 0 saturated carbocycles. The van der Waals surface area contributed by atoms with Crippen LogP contribution >= 0.6 is 24.2 Å². The summed E-state index contributed by atoms with van der Waals surface area (Å²) in [4.78, 5) is 2.55. The number of halogens is 1. The standard InChI is InChI=1S/C24H30N4O2S.ClH/c1-19-7-6-8-22(17-19)30-18-23-25-26-24(31-16-15-27-13-4-3-5-14-27)28(23)20-9-11-21(29-2)12-10-20;/h6-12,17H,3-5,13-16,18H2,1-2H3;1H. The van der Waals surface area contributed by atoms with Gasteiger partial charge in [-0.05, 0) is 74.8 Å². The Hall–Kier alpha value is -2.22. The van der Waals surface area contributed by atoms with Crippen molar-refractivity contribution in [2.24, 2.45) is 0 Å². The number of methoxy groups -OCH3 is 1. The maximum atomic E-state index is 6.03. The molecule has 0 radical (unpaired) electrons. The van der Waals surface area contributed by atoms with E-state index in [0.717, 1.165) is 40.5 Å². The molecule has 2 aromatic carbocycles. The SMILES string of the molecule is COc1ccc(-n2c(COc3cccc(C)c3)nnc2SCCN2CCCCC2)cc1.Cl. The second kappa shape index (κ2) is 12.1.